The molecule has 180 valence electrons. The zero-order chi connectivity index (χ0) is 23.9. The van der Waals surface area contributed by atoms with Crippen molar-refractivity contribution in [3.05, 3.63) is 41.5 Å². The summed E-state index contributed by atoms with van der Waals surface area (Å²) in [5.74, 6) is 0.0298. The molecule has 34 heavy (non-hydrogen) atoms. The molecule has 3 aliphatic rings. The van der Waals surface area contributed by atoms with E-state index in [2.05, 4.69) is 0 Å². The lowest BCUT2D eigenvalue weighted by molar-refractivity contribution is -0.149. The van der Waals surface area contributed by atoms with Crippen LogP contribution in [-0.4, -0.2) is 50.6 Å². The quantitative estimate of drug-likeness (QED) is 0.579. The first kappa shape index (κ1) is 22.5. The van der Waals surface area contributed by atoms with Gasteiger partial charge in [-0.25, -0.2) is 4.79 Å². The number of fused-ring (bicyclic) bond motifs is 1. The number of carboxylic acids is 1. The van der Waals surface area contributed by atoms with E-state index < -0.39 is 5.97 Å². The molecule has 5 rings (SSSR count). The summed E-state index contributed by atoms with van der Waals surface area (Å²) in [5, 5.41) is 9.48. The Morgan fingerprint density at radius 1 is 1.09 bits per heavy atom. The predicted octanol–water partition coefficient (Wildman–Crippen LogP) is 4.08. The molecule has 1 saturated heterocycles. The van der Waals surface area contributed by atoms with Crippen LogP contribution in [0.4, 0.5) is 0 Å². The van der Waals surface area contributed by atoms with Crippen molar-refractivity contribution in [3.63, 3.8) is 0 Å². The third kappa shape index (κ3) is 3.86. The van der Waals surface area contributed by atoms with Gasteiger partial charge in [-0.05, 0) is 49.4 Å². The average Bonchev–Trinajstić information content (AvgIpc) is 3.57. The fraction of sp³-hybridized carbons (Fsp3) is 0.462. The van der Waals surface area contributed by atoms with Crippen LogP contribution in [0.1, 0.15) is 41.6 Å². The number of carbonyl (C=O) groups is 2. The zero-order valence-corrected chi connectivity index (χ0v) is 19.3. The van der Waals surface area contributed by atoms with Gasteiger partial charge in [0, 0.05) is 23.1 Å². The summed E-state index contributed by atoms with van der Waals surface area (Å²) in [7, 11) is 3.13. The van der Waals surface area contributed by atoms with Crippen LogP contribution in [0.25, 0.3) is 11.1 Å². The van der Waals surface area contributed by atoms with Crippen molar-refractivity contribution in [2.45, 2.75) is 38.4 Å². The van der Waals surface area contributed by atoms with Gasteiger partial charge in [-0.1, -0.05) is 12.1 Å². The van der Waals surface area contributed by atoms with E-state index in [9.17, 15) is 14.7 Å². The van der Waals surface area contributed by atoms with Crippen molar-refractivity contribution in [3.8, 4) is 28.4 Å². The van der Waals surface area contributed by atoms with Crippen molar-refractivity contribution < 1.29 is 38.4 Å². The molecule has 2 atom stereocenters. The van der Waals surface area contributed by atoms with Crippen LogP contribution >= 0.6 is 0 Å². The highest BCUT2D eigenvalue weighted by Crippen LogP contribution is 2.54. The van der Waals surface area contributed by atoms with Crippen molar-refractivity contribution in [1.82, 2.24) is 0 Å². The molecule has 0 aromatic heterocycles. The predicted molar refractivity (Wildman–Crippen MR) is 121 cm³/mol. The minimum Gasteiger partial charge on any atom is -0.493 e. The number of benzene rings is 2. The molecular weight excluding hydrogens is 440 g/mol. The Balaban J connectivity index is 1.48. The maximum Gasteiger partial charge on any atom is 0.338 e. The fourth-order valence-electron chi connectivity index (χ4n) is 5.04. The van der Waals surface area contributed by atoms with E-state index in [-0.39, 0.29) is 30.0 Å². The largest absolute Gasteiger partial charge is 0.493 e. The zero-order valence-electron chi connectivity index (χ0n) is 19.3. The highest BCUT2D eigenvalue weighted by atomic mass is 16.5. The second kappa shape index (κ2) is 8.83. The summed E-state index contributed by atoms with van der Waals surface area (Å²) < 4.78 is 28.9. The molecule has 0 spiro atoms. The van der Waals surface area contributed by atoms with Crippen LogP contribution in [0.3, 0.4) is 0 Å². The Morgan fingerprint density at radius 3 is 2.59 bits per heavy atom. The molecule has 1 saturated carbocycles. The molecule has 2 aromatic carbocycles. The number of methoxy groups -OCH3 is 2. The van der Waals surface area contributed by atoms with Gasteiger partial charge >= 0.3 is 11.9 Å². The first-order valence-electron chi connectivity index (χ1n) is 11.5. The summed E-state index contributed by atoms with van der Waals surface area (Å²) in [5.41, 5.74) is 2.75. The summed E-state index contributed by atoms with van der Waals surface area (Å²) in [6, 6.07) is 9.22. The van der Waals surface area contributed by atoms with E-state index >= 15 is 0 Å². The number of rotatable bonds is 8. The van der Waals surface area contributed by atoms with Gasteiger partial charge in [-0.3, -0.25) is 4.79 Å². The van der Waals surface area contributed by atoms with Crippen molar-refractivity contribution in [2.75, 3.05) is 27.4 Å². The van der Waals surface area contributed by atoms with Gasteiger partial charge in [0.2, 0.25) is 5.75 Å². The van der Waals surface area contributed by atoms with Crippen molar-refractivity contribution >= 4 is 11.9 Å². The molecule has 1 aliphatic carbocycles. The average molecular weight is 469 g/mol. The second-order valence-electron chi connectivity index (χ2n) is 9.16. The number of ether oxygens (including phenoxy) is 5. The minimum atomic E-state index is -0.767. The van der Waals surface area contributed by atoms with Crippen LogP contribution in [0.2, 0.25) is 0 Å². The summed E-state index contributed by atoms with van der Waals surface area (Å²) >= 11 is 0. The molecule has 2 fully saturated rings. The molecule has 2 unspecified atom stereocenters. The number of hydrogen-bond donors (Lipinski definition) is 1. The first-order valence-corrected chi connectivity index (χ1v) is 11.5. The molecular formula is C26H28O8. The smallest absolute Gasteiger partial charge is 0.338 e. The third-order valence-corrected chi connectivity index (χ3v) is 7.25. The number of carbonyl (C=O) groups excluding carboxylic acids is 1. The van der Waals surface area contributed by atoms with Crippen LogP contribution in [0.5, 0.6) is 17.2 Å². The Kier molecular flexibility index (Phi) is 5.85. The minimum absolute atomic E-state index is 0.158. The summed E-state index contributed by atoms with van der Waals surface area (Å²) in [6.07, 6.45) is 2.70. The monoisotopic (exact) mass is 468 g/mol. The van der Waals surface area contributed by atoms with E-state index in [0.29, 0.717) is 48.9 Å². The van der Waals surface area contributed by atoms with Crippen LogP contribution in [-0.2, 0) is 20.9 Å². The van der Waals surface area contributed by atoms with E-state index in [1.165, 1.54) is 0 Å². The van der Waals surface area contributed by atoms with Crippen molar-refractivity contribution in [1.29, 1.82) is 0 Å². The van der Waals surface area contributed by atoms with Gasteiger partial charge < -0.3 is 28.8 Å². The molecule has 2 heterocycles. The Morgan fingerprint density at radius 2 is 1.88 bits per heavy atom. The third-order valence-electron chi connectivity index (χ3n) is 7.25. The van der Waals surface area contributed by atoms with Crippen LogP contribution < -0.4 is 14.2 Å². The Hall–Kier alpha value is -3.26. The molecule has 8 heteroatoms. The Bertz CT molecular complexity index is 1120. The van der Waals surface area contributed by atoms with Gasteiger partial charge in [0.15, 0.2) is 11.5 Å². The van der Waals surface area contributed by atoms with Crippen LogP contribution in [0.15, 0.2) is 30.3 Å². The first-order chi connectivity index (χ1) is 16.5. The van der Waals surface area contributed by atoms with Gasteiger partial charge in [0.25, 0.3) is 0 Å². The standard InChI is InChI=1S/C26H28O8/c1-30-20-7-6-17(16-4-3-5-18-19(16)13-33-25(18)29)22(23(20)31-2)34-14-26(9-10-26)21-12-15(24(27)28)8-11-32-21/h3-7,15,21H,8-14H2,1-2H3,(H,27,28). The number of cyclic esters (lactones) is 1. The lowest BCUT2D eigenvalue weighted by Crippen LogP contribution is -2.38. The molecule has 0 radical (unpaired) electrons. The summed E-state index contributed by atoms with van der Waals surface area (Å²) in [6.45, 7) is 1.01. The number of esters is 1. The molecule has 2 aliphatic heterocycles. The molecule has 8 nitrogen and oxygen atoms in total. The second-order valence-corrected chi connectivity index (χ2v) is 9.16. The Labute approximate surface area is 197 Å². The number of hydrogen-bond acceptors (Lipinski definition) is 7. The SMILES string of the molecule is COc1ccc(-c2cccc3c2COC3=O)c(OCC2(C3CC(C(=O)O)CCO3)CC2)c1OC. The van der Waals surface area contributed by atoms with E-state index in [0.717, 1.165) is 29.5 Å². The maximum absolute atomic E-state index is 12.1. The van der Waals surface area contributed by atoms with Gasteiger partial charge in [0.05, 0.1) is 38.4 Å². The molecule has 1 N–H and O–H groups in total. The number of aliphatic carboxylic acids is 1. The molecule has 2 aromatic rings. The molecule has 0 bridgehead atoms. The lowest BCUT2D eigenvalue weighted by Gasteiger charge is -2.33. The van der Waals surface area contributed by atoms with Gasteiger partial charge in [0.1, 0.15) is 6.61 Å². The highest BCUT2D eigenvalue weighted by molar-refractivity contribution is 5.96. The topological polar surface area (TPSA) is 101 Å². The fourth-order valence-corrected chi connectivity index (χ4v) is 5.04. The van der Waals surface area contributed by atoms with Crippen LogP contribution in [0, 0.1) is 11.3 Å². The molecule has 0 amide bonds. The van der Waals surface area contributed by atoms with E-state index in [1.807, 2.05) is 24.3 Å². The summed E-state index contributed by atoms with van der Waals surface area (Å²) in [4.78, 5) is 23.7. The van der Waals surface area contributed by atoms with E-state index in [1.54, 1.807) is 20.3 Å². The van der Waals surface area contributed by atoms with Gasteiger partial charge in [-0.2, -0.15) is 0 Å². The normalized spacial score (nSPS) is 22.5. The number of carboxylic acid groups (broad SMARTS) is 1. The van der Waals surface area contributed by atoms with Gasteiger partial charge in [-0.15, -0.1) is 0 Å². The van der Waals surface area contributed by atoms with E-state index in [4.69, 9.17) is 23.7 Å². The highest BCUT2D eigenvalue weighted by Gasteiger charge is 2.53. The maximum atomic E-state index is 12.1. The lowest BCUT2D eigenvalue weighted by atomic mass is 9.87. The van der Waals surface area contributed by atoms with Crippen molar-refractivity contribution in [2.24, 2.45) is 11.3 Å².